The van der Waals surface area contributed by atoms with Gasteiger partial charge in [0.1, 0.15) is 0 Å². The molecule has 3 unspecified atom stereocenters. The van der Waals surface area contributed by atoms with Gasteiger partial charge in [-0.1, -0.05) is 13.3 Å². The van der Waals surface area contributed by atoms with E-state index in [1.165, 1.54) is 0 Å². The van der Waals surface area contributed by atoms with Crippen LogP contribution in [0.3, 0.4) is 0 Å². The Kier molecular flexibility index (Phi) is 7.73. The van der Waals surface area contributed by atoms with E-state index in [0.717, 1.165) is 0 Å². The molecule has 0 aromatic carbocycles. The fraction of sp³-hybridized carbons (Fsp3) is 0.800. The van der Waals surface area contributed by atoms with Crippen molar-refractivity contribution in [2.75, 3.05) is 0 Å². The normalized spacial score (nSPS) is 16.1. The lowest BCUT2D eigenvalue weighted by molar-refractivity contribution is -0.143. The number of rotatable bonds is 9. The minimum absolute atomic E-state index is 0.0118. The van der Waals surface area contributed by atoms with Crippen LogP contribution in [0.2, 0.25) is 0 Å². The quantitative estimate of drug-likeness (QED) is 0.543. The molecule has 3 N–H and O–H groups in total. The van der Waals surface area contributed by atoms with E-state index >= 15 is 0 Å². The fourth-order valence-electron chi connectivity index (χ4n) is 1.58. The second-order valence-electron chi connectivity index (χ2n) is 3.89. The summed E-state index contributed by atoms with van der Waals surface area (Å²) in [4.78, 5) is 21.3. The van der Waals surface area contributed by atoms with E-state index in [4.69, 9.17) is 14.8 Å². The zero-order valence-electron chi connectivity index (χ0n) is 9.66. The molecular formula is C10H18O6S. The Morgan fingerprint density at radius 2 is 1.82 bits per heavy atom. The second-order valence-corrected chi connectivity index (χ2v) is 5.11. The molecule has 0 bridgehead atoms. The fourth-order valence-corrected chi connectivity index (χ4v) is 2.41. The van der Waals surface area contributed by atoms with Crippen molar-refractivity contribution in [1.29, 1.82) is 0 Å². The Labute approximate surface area is 102 Å². The first kappa shape index (κ1) is 16.1. The number of hydrogen-bond donors (Lipinski definition) is 3. The van der Waals surface area contributed by atoms with Gasteiger partial charge in [0, 0.05) is 6.42 Å². The summed E-state index contributed by atoms with van der Waals surface area (Å²) in [7, 11) is 0. The van der Waals surface area contributed by atoms with Crippen molar-refractivity contribution >= 4 is 23.0 Å². The molecule has 0 saturated carbocycles. The Bertz CT molecular complexity index is 291. The summed E-state index contributed by atoms with van der Waals surface area (Å²) in [6, 6.07) is 0. The molecule has 0 spiro atoms. The van der Waals surface area contributed by atoms with Crippen LogP contribution in [0.15, 0.2) is 0 Å². The van der Waals surface area contributed by atoms with Gasteiger partial charge in [0.15, 0.2) is 11.1 Å². The monoisotopic (exact) mass is 266 g/mol. The van der Waals surface area contributed by atoms with Gasteiger partial charge in [-0.2, -0.15) is 0 Å². The molecule has 17 heavy (non-hydrogen) atoms. The summed E-state index contributed by atoms with van der Waals surface area (Å²) < 4.78 is 20.0. The average Bonchev–Trinajstić information content (AvgIpc) is 2.21. The lowest BCUT2D eigenvalue weighted by Crippen LogP contribution is -2.24. The van der Waals surface area contributed by atoms with Crippen LogP contribution in [0.1, 0.15) is 39.0 Å². The zero-order chi connectivity index (χ0) is 13.4. The summed E-state index contributed by atoms with van der Waals surface area (Å²) in [5.74, 6) is -3.05. The van der Waals surface area contributed by atoms with Gasteiger partial charge in [-0.3, -0.25) is 9.59 Å². The summed E-state index contributed by atoms with van der Waals surface area (Å²) in [6.07, 6.45) is 0.928. The molecule has 0 radical (unpaired) electrons. The smallest absolute Gasteiger partial charge is 0.306 e. The Balaban J connectivity index is 4.44. The highest BCUT2D eigenvalue weighted by atomic mass is 32.2. The first-order valence-corrected chi connectivity index (χ1v) is 6.59. The average molecular weight is 266 g/mol. The third-order valence-electron chi connectivity index (χ3n) is 2.50. The molecular weight excluding hydrogens is 248 g/mol. The minimum atomic E-state index is -2.07. The van der Waals surface area contributed by atoms with Crippen molar-refractivity contribution in [1.82, 2.24) is 0 Å². The van der Waals surface area contributed by atoms with Crippen LogP contribution in [-0.4, -0.2) is 36.2 Å². The van der Waals surface area contributed by atoms with Crippen LogP contribution in [0.25, 0.3) is 0 Å². The predicted molar refractivity (Wildman–Crippen MR) is 62.1 cm³/mol. The van der Waals surface area contributed by atoms with Gasteiger partial charge in [0.2, 0.25) is 0 Å². The topological polar surface area (TPSA) is 112 Å². The SMILES string of the molecule is CCCC(CC(CCC(=O)O)C(=O)O)S(=O)O. The maximum atomic E-state index is 11.0. The number of hydrogen-bond acceptors (Lipinski definition) is 3. The molecule has 0 amide bonds. The molecule has 6 nitrogen and oxygen atoms in total. The molecule has 3 atom stereocenters. The van der Waals surface area contributed by atoms with Crippen LogP contribution in [0.5, 0.6) is 0 Å². The van der Waals surface area contributed by atoms with Crippen LogP contribution in [0.4, 0.5) is 0 Å². The van der Waals surface area contributed by atoms with E-state index in [0.29, 0.717) is 12.8 Å². The van der Waals surface area contributed by atoms with E-state index < -0.39 is 34.2 Å². The van der Waals surface area contributed by atoms with Gasteiger partial charge < -0.3 is 14.8 Å². The van der Waals surface area contributed by atoms with Crippen LogP contribution < -0.4 is 0 Å². The molecule has 0 heterocycles. The van der Waals surface area contributed by atoms with Gasteiger partial charge in [-0.25, -0.2) is 4.21 Å². The largest absolute Gasteiger partial charge is 0.481 e. The van der Waals surface area contributed by atoms with E-state index in [-0.39, 0.29) is 19.3 Å². The van der Waals surface area contributed by atoms with Crippen molar-refractivity contribution in [2.24, 2.45) is 5.92 Å². The standard InChI is InChI=1S/C10H18O6S/c1-2-3-8(17(15)16)6-7(10(13)14)4-5-9(11)12/h7-8H,2-6H2,1H3,(H,11,12)(H,13,14)(H,15,16). The molecule has 0 saturated heterocycles. The molecule has 0 fully saturated rings. The van der Waals surface area contributed by atoms with E-state index in [9.17, 15) is 13.8 Å². The third-order valence-corrected chi connectivity index (χ3v) is 3.50. The lowest BCUT2D eigenvalue weighted by Gasteiger charge is -2.17. The van der Waals surface area contributed by atoms with Crippen LogP contribution >= 0.6 is 0 Å². The highest BCUT2D eigenvalue weighted by molar-refractivity contribution is 7.79. The highest BCUT2D eigenvalue weighted by Gasteiger charge is 2.25. The second kappa shape index (κ2) is 8.19. The van der Waals surface area contributed by atoms with E-state index in [1.807, 2.05) is 6.92 Å². The van der Waals surface area contributed by atoms with Crippen molar-refractivity contribution in [3.63, 3.8) is 0 Å². The van der Waals surface area contributed by atoms with Gasteiger partial charge >= 0.3 is 11.9 Å². The molecule has 0 aromatic rings. The maximum absolute atomic E-state index is 11.0. The third kappa shape index (κ3) is 7.06. The minimum Gasteiger partial charge on any atom is -0.481 e. The summed E-state index contributed by atoms with van der Waals surface area (Å²) in [6.45, 7) is 1.84. The van der Waals surface area contributed by atoms with Crippen molar-refractivity contribution in [2.45, 2.75) is 44.3 Å². The molecule has 0 aliphatic rings. The van der Waals surface area contributed by atoms with Crippen molar-refractivity contribution in [3.8, 4) is 0 Å². The molecule has 0 rings (SSSR count). The molecule has 0 aliphatic heterocycles. The van der Waals surface area contributed by atoms with Crippen molar-refractivity contribution in [3.05, 3.63) is 0 Å². The lowest BCUT2D eigenvalue weighted by atomic mass is 9.96. The van der Waals surface area contributed by atoms with Crippen molar-refractivity contribution < 1.29 is 28.6 Å². The molecule has 7 heteroatoms. The van der Waals surface area contributed by atoms with Crippen LogP contribution in [-0.2, 0) is 20.7 Å². The first-order valence-electron chi connectivity index (χ1n) is 5.42. The molecule has 0 aliphatic carbocycles. The Hall–Kier alpha value is -0.950. The highest BCUT2D eigenvalue weighted by Crippen LogP contribution is 2.20. The van der Waals surface area contributed by atoms with Crippen LogP contribution in [0, 0.1) is 5.92 Å². The Morgan fingerprint density at radius 3 is 2.18 bits per heavy atom. The first-order chi connectivity index (χ1) is 7.88. The van der Waals surface area contributed by atoms with E-state index in [1.54, 1.807) is 0 Å². The van der Waals surface area contributed by atoms with E-state index in [2.05, 4.69) is 0 Å². The predicted octanol–water partition coefficient (Wildman–Crippen LogP) is 1.33. The summed E-state index contributed by atoms with van der Waals surface area (Å²) in [5.41, 5.74) is 0. The number of carbonyl (C=O) groups is 2. The van der Waals surface area contributed by atoms with Gasteiger partial charge in [-0.05, 0) is 19.3 Å². The number of carboxylic acid groups (broad SMARTS) is 2. The summed E-state index contributed by atoms with van der Waals surface area (Å²) in [5, 5.41) is 16.8. The maximum Gasteiger partial charge on any atom is 0.306 e. The Morgan fingerprint density at radius 1 is 1.24 bits per heavy atom. The van der Waals surface area contributed by atoms with Gasteiger partial charge in [0.25, 0.3) is 0 Å². The molecule has 100 valence electrons. The molecule has 0 aromatic heterocycles. The van der Waals surface area contributed by atoms with Gasteiger partial charge in [-0.15, -0.1) is 0 Å². The van der Waals surface area contributed by atoms with Gasteiger partial charge in [0.05, 0.1) is 11.2 Å². The number of aliphatic carboxylic acids is 2. The zero-order valence-corrected chi connectivity index (χ0v) is 10.5. The number of carboxylic acids is 2. The summed E-state index contributed by atoms with van der Waals surface area (Å²) >= 11 is -2.07.